The van der Waals surface area contributed by atoms with Gasteiger partial charge < -0.3 is 18.9 Å². The summed E-state index contributed by atoms with van der Waals surface area (Å²) >= 11 is 0. The Bertz CT molecular complexity index is 1190. The lowest BCUT2D eigenvalue weighted by atomic mass is 10.2. The summed E-state index contributed by atoms with van der Waals surface area (Å²) in [6.07, 6.45) is 1.07. The van der Waals surface area contributed by atoms with E-state index in [-0.39, 0.29) is 28.1 Å². The van der Waals surface area contributed by atoms with E-state index in [1.54, 1.807) is 24.4 Å². The Balaban J connectivity index is 1.76. The third-order valence-electron chi connectivity index (χ3n) is 8.26. The van der Waals surface area contributed by atoms with Crippen molar-refractivity contribution in [3.63, 3.8) is 0 Å². The highest BCUT2D eigenvalue weighted by molar-refractivity contribution is 6.74. The van der Waals surface area contributed by atoms with Gasteiger partial charge in [-0.05, 0) is 54.5 Å². The Hall–Kier alpha value is -2.32. The maximum Gasteiger partial charge on any atom is 0.351 e. The molecule has 1 aromatic heterocycles. The van der Waals surface area contributed by atoms with Gasteiger partial charge in [0.1, 0.15) is 18.1 Å². The van der Waals surface area contributed by atoms with E-state index >= 15 is 0 Å². The molecule has 1 fully saturated rings. The van der Waals surface area contributed by atoms with E-state index in [2.05, 4.69) is 83.3 Å². The van der Waals surface area contributed by atoms with Gasteiger partial charge in [0.05, 0.1) is 12.7 Å². The van der Waals surface area contributed by atoms with Crippen LogP contribution < -0.4 is 16.3 Å². The predicted molar refractivity (Wildman–Crippen MR) is 161 cm³/mol. The highest BCUT2D eigenvalue weighted by atomic mass is 28.4. The van der Waals surface area contributed by atoms with Gasteiger partial charge in [0.25, 0.3) is 0 Å². The minimum absolute atomic E-state index is 0.0297. The first-order chi connectivity index (χ1) is 17.9. The average molecular weight is 575 g/mol. The van der Waals surface area contributed by atoms with E-state index in [9.17, 15) is 9.59 Å². The van der Waals surface area contributed by atoms with Crippen LogP contribution in [0, 0.1) is 0 Å². The number of ether oxygens (including phenoxy) is 1. The number of benzene rings is 1. The van der Waals surface area contributed by atoms with E-state index in [1.165, 1.54) is 4.57 Å². The Labute approximate surface area is 234 Å². The van der Waals surface area contributed by atoms with E-state index in [1.807, 2.05) is 18.2 Å². The van der Waals surface area contributed by atoms with Crippen LogP contribution in [0.4, 0.5) is 16.3 Å². The largest absolute Gasteiger partial charge is 0.414 e. The summed E-state index contributed by atoms with van der Waals surface area (Å²) in [6.45, 7) is 22.6. The second-order valence-corrected chi connectivity index (χ2v) is 22.9. The van der Waals surface area contributed by atoms with Crippen LogP contribution in [0.1, 0.15) is 54.2 Å². The number of carbonyl (C=O) groups is 1. The summed E-state index contributed by atoms with van der Waals surface area (Å²) in [5, 5.41) is 5.43. The third kappa shape index (κ3) is 7.88. The molecular formula is C28H46N4O5Si2. The zero-order valence-electron chi connectivity index (χ0n) is 25.1. The first-order valence-electron chi connectivity index (χ1n) is 13.6. The van der Waals surface area contributed by atoms with Crippen molar-refractivity contribution in [2.24, 2.45) is 0 Å². The standard InChI is InChI=1S/C28H46N4O5Si2/c1-27(2,3)38(7,8)35-19-22-21(37-39(9,10)28(4,5)6)18-24(36-22)32-17-16-23(31-26(32)34)30-25(33)29-20-14-12-11-13-15-20/h11-17,21-22,24H,18-19H2,1-10H3,(H2,29,30,31,33,34)/t21?,22-,24-/m1/s1. The molecule has 1 aliphatic heterocycles. The lowest BCUT2D eigenvalue weighted by molar-refractivity contribution is -0.0411. The molecular weight excluding hydrogens is 529 g/mol. The van der Waals surface area contributed by atoms with Crippen molar-refractivity contribution in [1.29, 1.82) is 0 Å². The number of nitrogens with zero attached hydrogens (tertiary/aromatic N) is 2. The van der Waals surface area contributed by atoms with Crippen molar-refractivity contribution in [1.82, 2.24) is 9.55 Å². The maximum absolute atomic E-state index is 13.0. The van der Waals surface area contributed by atoms with E-state index in [0.29, 0.717) is 18.7 Å². The molecule has 1 unspecified atom stereocenters. The minimum Gasteiger partial charge on any atom is -0.414 e. The van der Waals surface area contributed by atoms with Crippen molar-refractivity contribution < 1.29 is 18.4 Å². The number of aromatic nitrogens is 2. The number of hydrogen-bond donors (Lipinski definition) is 2. The Kier molecular flexibility index (Phi) is 9.33. The molecule has 216 valence electrons. The topological polar surface area (TPSA) is 104 Å². The summed E-state index contributed by atoms with van der Waals surface area (Å²) in [5.41, 5.74) is 0.135. The summed E-state index contributed by atoms with van der Waals surface area (Å²) in [4.78, 5) is 29.4. The number of carbonyl (C=O) groups excluding carboxylic acids is 1. The number of urea groups is 1. The number of amides is 2. The molecule has 1 saturated heterocycles. The van der Waals surface area contributed by atoms with Crippen LogP contribution in [-0.4, -0.2) is 51.0 Å². The fraction of sp³-hybridized carbons (Fsp3) is 0.607. The molecule has 0 aliphatic carbocycles. The SMILES string of the molecule is CC(C)(C)[Si](C)(C)OC[C@H]1O[C@@H](n2ccc(NC(=O)Nc3ccccc3)nc2=O)CC1O[Si](C)(C)C(C)(C)C. The molecule has 1 aliphatic rings. The molecule has 2 amide bonds. The van der Waals surface area contributed by atoms with E-state index in [4.69, 9.17) is 13.6 Å². The zero-order valence-corrected chi connectivity index (χ0v) is 27.1. The van der Waals surface area contributed by atoms with Gasteiger partial charge in [0.2, 0.25) is 0 Å². The smallest absolute Gasteiger partial charge is 0.351 e. The average Bonchev–Trinajstić information content (AvgIpc) is 3.18. The van der Waals surface area contributed by atoms with Gasteiger partial charge in [0, 0.05) is 18.3 Å². The van der Waals surface area contributed by atoms with Gasteiger partial charge in [-0.1, -0.05) is 59.7 Å². The fourth-order valence-corrected chi connectivity index (χ4v) is 6.08. The van der Waals surface area contributed by atoms with Gasteiger partial charge >= 0.3 is 11.7 Å². The van der Waals surface area contributed by atoms with Crippen LogP contribution >= 0.6 is 0 Å². The van der Waals surface area contributed by atoms with Crippen LogP contribution in [0.5, 0.6) is 0 Å². The Morgan fingerprint density at radius 2 is 1.62 bits per heavy atom. The van der Waals surface area contributed by atoms with E-state index < -0.39 is 34.6 Å². The van der Waals surface area contributed by atoms with Gasteiger partial charge in [-0.25, -0.2) is 9.59 Å². The van der Waals surface area contributed by atoms with Crippen LogP contribution in [-0.2, 0) is 13.6 Å². The number of hydrogen-bond acceptors (Lipinski definition) is 6. The molecule has 11 heteroatoms. The summed E-state index contributed by atoms with van der Waals surface area (Å²) < 4.78 is 21.2. The molecule has 0 radical (unpaired) electrons. The molecule has 3 rings (SSSR count). The van der Waals surface area contributed by atoms with Crippen LogP contribution in [0.25, 0.3) is 0 Å². The summed E-state index contributed by atoms with van der Waals surface area (Å²) in [7, 11) is -4.12. The molecule has 2 N–H and O–H groups in total. The number of rotatable bonds is 8. The van der Waals surface area contributed by atoms with Gasteiger partial charge in [-0.2, -0.15) is 4.98 Å². The normalized spacial score (nSPS) is 20.6. The first kappa shape index (κ1) is 31.2. The van der Waals surface area contributed by atoms with Crippen molar-refractivity contribution in [3.8, 4) is 0 Å². The zero-order chi connectivity index (χ0) is 29.2. The molecule has 2 aromatic rings. The first-order valence-corrected chi connectivity index (χ1v) is 19.4. The molecule has 39 heavy (non-hydrogen) atoms. The third-order valence-corrected chi connectivity index (χ3v) is 17.3. The molecule has 2 heterocycles. The molecule has 1 aromatic carbocycles. The number of para-hydroxylation sites is 1. The molecule has 0 spiro atoms. The molecule has 0 saturated carbocycles. The number of anilines is 2. The highest BCUT2D eigenvalue weighted by Crippen LogP contribution is 2.42. The van der Waals surface area contributed by atoms with Gasteiger partial charge in [-0.3, -0.25) is 9.88 Å². The summed E-state index contributed by atoms with van der Waals surface area (Å²) in [6, 6.07) is 10.2. The van der Waals surface area contributed by atoms with Crippen molar-refractivity contribution in [3.05, 3.63) is 53.1 Å². The van der Waals surface area contributed by atoms with Gasteiger partial charge in [0.15, 0.2) is 16.6 Å². The second-order valence-electron chi connectivity index (χ2n) is 13.3. The quantitative estimate of drug-likeness (QED) is 0.345. The number of nitrogens with one attached hydrogen (secondary N) is 2. The molecule has 9 nitrogen and oxygen atoms in total. The lowest BCUT2D eigenvalue weighted by Crippen LogP contribution is -2.48. The minimum atomic E-state index is -2.11. The Morgan fingerprint density at radius 1 is 1.00 bits per heavy atom. The summed E-state index contributed by atoms with van der Waals surface area (Å²) in [5.74, 6) is 0.162. The van der Waals surface area contributed by atoms with Crippen LogP contribution in [0.3, 0.4) is 0 Å². The van der Waals surface area contributed by atoms with Crippen LogP contribution in [0.15, 0.2) is 47.4 Å². The van der Waals surface area contributed by atoms with E-state index in [0.717, 1.165) is 0 Å². The lowest BCUT2D eigenvalue weighted by Gasteiger charge is -2.40. The van der Waals surface area contributed by atoms with Crippen molar-refractivity contribution >= 4 is 34.2 Å². The van der Waals surface area contributed by atoms with Crippen molar-refractivity contribution in [2.75, 3.05) is 17.2 Å². The predicted octanol–water partition coefficient (Wildman–Crippen LogP) is 6.59. The Morgan fingerprint density at radius 3 is 2.18 bits per heavy atom. The van der Waals surface area contributed by atoms with Gasteiger partial charge in [-0.15, -0.1) is 0 Å². The monoisotopic (exact) mass is 574 g/mol. The molecule has 3 atom stereocenters. The second kappa shape index (κ2) is 11.7. The van der Waals surface area contributed by atoms with Crippen LogP contribution in [0.2, 0.25) is 36.3 Å². The van der Waals surface area contributed by atoms with Crippen molar-refractivity contribution in [2.45, 2.75) is 103 Å². The molecule has 0 bridgehead atoms. The maximum atomic E-state index is 13.0. The fourth-order valence-electron chi connectivity index (χ4n) is 3.71. The highest BCUT2D eigenvalue weighted by Gasteiger charge is 2.46.